The molecule has 0 heterocycles. The number of amides is 2. The van der Waals surface area contributed by atoms with Crippen LogP contribution in [0.4, 0.5) is 0 Å². The lowest BCUT2D eigenvalue weighted by Crippen LogP contribution is -2.63. The van der Waals surface area contributed by atoms with Gasteiger partial charge in [0.1, 0.15) is 6.04 Å². The largest absolute Gasteiger partial charge is 0.478 e. The van der Waals surface area contributed by atoms with Crippen molar-refractivity contribution >= 4 is 23.6 Å². The molecule has 0 saturated carbocycles. The summed E-state index contributed by atoms with van der Waals surface area (Å²) < 4.78 is 0. The molecular weight excluding hydrogens is 590 g/mol. The van der Waals surface area contributed by atoms with E-state index in [9.17, 15) is 24.3 Å². The average Bonchev–Trinajstić information content (AvgIpc) is 3.05. The van der Waals surface area contributed by atoms with Gasteiger partial charge in [0.2, 0.25) is 11.8 Å². The standard InChI is InChI=1S/C39H49N3O5/c1-25(2)31(24-26(3)37(46)47)42(9)36(45)34(41-35(44)33(40-8)38(4,5)29-18-14-11-15-19-29)39(6,7)30-22-20-28(21-23-30)32(43)27-16-12-10-13-17-27/h10-25,31,33-34,40H,1-9H3,(H,41,44)(H,46,47)/b26-24+/t31-,33-,34?/m1/s1. The summed E-state index contributed by atoms with van der Waals surface area (Å²) in [4.78, 5) is 55.1. The molecule has 0 aliphatic rings. The number of hydrogen-bond donors (Lipinski definition) is 3. The van der Waals surface area contributed by atoms with Crippen molar-refractivity contribution in [3.05, 3.63) is 119 Å². The molecule has 3 aromatic rings. The summed E-state index contributed by atoms with van der Waals surface area (Å²) in [5.74, 6) is -2.01. The van der Waals surface area contributed by atoms with Crippen LogP contribution in [0.25, 0.3) is 0 Å². The smallest absolute Gasteiger partial charge is 0.331 e. The molecule has 0 radical (unpaired) electrons. The van der Waals surface area contributed by atoms with Gasteiger partial charge in [-0.25, -0.2) is 4.79 Å². The SMILES string of the molecule is CN[C@H](C(=O)NC(C(=O)N(C)[C@H](/C=C(\C)C(=O)O)C(C)C)C(C)(C)c1ccc(C(=O)c2ccccc2)cc1)C(C)(C)c1ccccc1. The molecule has 0 fully saturated rings. The zero-order valence-electron chi connectivity index (χ0n) is 29.0. The number of likely N-dealkylation sites (N-methyl/N-ethyl adjacent to an activating group) is 2. The third-order valence-electron chi connectivity index (χ3n) is 9.21. The zero-order chi connectivity index (χ0) is 35.1. The van der Waals surface area contributed by atoms with Crippen LogP contribution in [0.2, 0.25) is 0 Å². The van der Waals surface area contributed by atoms with Crippen molar-refractivity contribution in [3.8, 4) is 0 Å². The molecule has 1 unspecified atom stereocenters. The fraction of sp³-hybridized carbons (Fsp3) is 0.385. The van der Waals surface area contributed by atoms with Crippen molar-refractivity contribution in [3.63, 3.8) is 0 Å². The Hall–Kier alpha value is -4.56. The van der Waals surface area contributed by atoms with E-state index in [2.05, 4.69) is 10.6 Å². The highest BCUT2D eigenvalue weighted by Gasteiger charge is 2.44. The maximum absolute atomic E-state index is 14.5. The molecule has 3 atom stereocenters. The van der Waals surface area contributed by atoms with E-state index in [4.69, 9.17) is 0 Å². The maximum Gasteiger partial charge on any atom is 0.331 e. The van der Waals surface area contributed by atoms with Gasteiger partial charge in [0.15, 0.2) is 5.78 Å². The molecule has 0 spiro atoms. The molecule has 3 aromatic carbocycles. The van der Waals surface area contributed by atoms with E-state index in [-0.39, 0.29) is 29.1 Å². The normalized spacial score (nSPS) is 14.2. The van der Waals surface area contributed by atoms with E-state index >= 15 is 0 Å². The minimum absolute atomic E-state index is 0.108. The van der Waals surface area contributed by atoms with Crippen molar-refractivity contribution in [1.29, 1.82) is 0 Å². The number of benzene rings is 3. The molecule has 0 bridgehead atoms. The Bertz CT molecular complexity index is 1580. The zero-order valence-corrected chi connectivity index (χ0v) is 29.0. The summed E-state index contributed by atoms with van der Waals surface area (Å²) >= 11 is 0. The van der Waals surface area contributed by atoms with Crippen molar-refractivity contribution in [1.82, 2.24) is 15.5 Å². The molecule has 8 heteroatoms. The first-order valence-corrected chi connectivity index (χ1v) is 16.0. The molecule has 3 N–H and O–H groups in total. The van der Waals surface area contributed by atoms with Crippen LogP contribution < -0.4 is 10.6 Å². The van der Waals surface area contributed by atoms with Crippen molar-refractivity contribution in [2.75, 3.05) is 14.1 Å². The van der Waals surface area contributed by atoms with Crippen molar-refractivity contribution in [2.24, 2.45) is 5.92 Å². The summed E-state index contributed by atoms with van der Waals surface area (Å²) in [5, 5.41) is 15.8. The predicted octanol–water partition coefficient (Wildman–Crippen LogP) is 5.76. The fourth-order valence-electron chi connectivity index (χ4n) is 6.03. The second kappa shape index (κ2) is 15.4. The number of nitrogens with zero attached hydrogens (tertiary/aromatic N) is 1. The van der Waals surface area contributed by atoms with Crippen LogP contribution >= 0.6 is 0 Å². The van der Waals surface area contributed by atoms with Gasteiger partial charge in [-0.1, -0.05) is 133 Å². The number of rotatable bonds is 14. The number of hydrogen-bond acceptors (Lipinski definition) is 5. The first-order valence-electron chi connectivity index (χ1n) is 16.0. The number of nitrogens with one attached hydrogen (secondary N) is 2. The Morgan fingerprint density at radius 3 is 1.70 bits per heavy atom. The quantitative estimate of drug-likeness (QED) is 0.153. The van der Waals surface area contributed by atoms with Crippen LogP contribution in [0.3, 0.4) is 0 Å². The number of aliphatic carboxylic acids is 1. The van der Waals surface area contributed by atoms with E-state index in [1.807, 2.05) is 102 Å². The lowest BCUT2D eigenvalue weighted by Gasteiger charge is -2.41. The summed E-state index contributed by atoms with van der Waals surface area (Å²) in [6.07, 6.45) is 1.58. The number of carboxylic acids is 1. The summed E-state index contributed by atoms with van der Waals surface area (Å²) in [7, 11) is 3.36. The Balaban J connectivity index is 2.07. The highest BCUT2D eigenvalue weighted by Crippen LogP contribution is 2.32. The van der Waals surface area contributed by atoms with E-state index < -0.39 is 34.9 Å². The first kappa shape index (κ1) is 36.9. The minimum Gasteiger partial charge on any atom is -0.478 e. The third kappa shape index (κ3) is 8.43. The predicted molar refractivity (Wildman–Crippen MR) is 186 cm³/mol. The average molecular weight is 640 g/mol. The highest BCUT2D eigenvalue weighted by atomic mass is 16.4. The Labute approximate surface area is 279 Å². The number of carboxylic acid groups (broad SMARTS) is 1. The van der Waals surface area contributed by atoms with Crippen LogP contribution in [0.15, 0.2) is 96.6 Å². The lowest BCUT2D eigenvalue weighted by molar-refractivity contribution is -0.139. The molecular formula is C39H49N3O5. The van der Waals surface area contributed by atoms with Gasteiger partial charge in [0.25, 0.3) is 0 Å². The van der Waals surface area contributed by atoms with E-state index in [1.165, 1.54) is 11.8 Å². The van der Waals surface area contributed by atoms with Crippen LogP contribution in [0, 0.1) is 5.92 Å². The van der Waals surface area contributed by atoms with Crippen molar-refractivity contribution < 1.29 is 24.3 Å². The molecule has 0 aliphatic heterocycles. The number of carbonyl (C=O) groups is 4. The lowest BCUT2D eigenvalue weighted by atomic mass is 9.74. The van der Waals surface area contributed by atoms with E-state index in [0.717, 1.165) is 11.1 Å². The Kier molecular flexibility index (Phi) is 12.1. The highest BCUT2D eigenvalue weighted by molar-refractivity contribution is 6.09. The first-order chi connectivity index (χ1) is 22.0. The van der Waals surface area contributed by atoms with E-state index in [0.29, 0.717) is 11.1 Å². The van der Waals surface area contributed by atoms with Crippen LogP contribution in [-0.4, -0.2) is 65.8 Å². The summed E-state index contributed by atoms with van der Waals surface area (Å²) in [6, 6.07) is 23.6. The number of carbonyl (C=O) groups excluding carboxylic acids is 3. The second-order valence-corrected chi connectivity index (χ2v) is 13.6. The van der Waals surface area contributed by atoms with Gasteiger partial charge in [-0.05, 0) is 31.0 Å². The molecule has 0 saturated heterocycles. The molecule has 8 nitrogen and oxygen atoms in total. The van der Waals surface area contributed by atoms with Gasteiger partial charge in [0.05, 0.1) is 12.1 Å². The van der Waals surface area contributed by atoms with Crippen LogP contribution in [-0.2, 0) is 25.2 Å². The Morgan fingerprint density at radius 1 is 0.745 bits per heavy atom. The van der Waals surface area contributed by atoms with Gasteiger partial charge < -0.3 is 20.6 Å². The van der Waals surface area contributed by atoms with Gasteiger partial charge in [-0.15, -0.1) is 0 Å². The monoisotopic (exact) mass is 639 g/mol. The summed E-state index contributed by atoms with van der Waals surface area (Å²) in [6.45, 7) is 13.1. The second-order valence-electron chi connectivity index (χ2n) is 13.6. The molecule has 250 valence electrons. The van der Waals surface area contributed by atoms with Crippen molar-refractivity contribution in [2.45, 2.75) is 77.4 Å². The van der Waals surface area contributed by atoms with Crippen LogP contribution in [0.1, 0.15) is 75.5 Å². The van der Waals surface area contributed by atoms with Gasteiger partial charge >= 0.3 is 5.97 Å². The minimum atomic E-state index is -1.06. The van der Waals surface area contributed by atoms with Gasteiger partial charge in [0, 0.05) is 34.6 Å². The summed E-state index contributed by atoms with van der Waals surface area (Å²) in [5.41, 5.74) is 1.33. The van der Waals surface area contributed by atoms with Gasteiger partial charge in [-0.2, -0.15) is 0 Å². The molecule has 47 heavy (non-hydrogen) atoms. The molecule has 0 aromatic heterocycles. The van der Waals surface area contributed by atoms with Crippen LogP contribution in [0.5, 0.6) is 0 Å². The molecule has 3 rings (SSSR count). The molecule has 0 aliphatic carbocycles. The Morgan fingerprint density at radius 2 is 1.21 bits per heavy atom. The van der Waals surface area contributed by atoms with Gasteiger partial charge in [-0.3, -0.25) is 14.4 Å². The number of ketones is 1. The third-order valence-corrected chi connectivity index (χ3v) is 9.21. The van der Waals surface area contributed by atoms with E-state index in [1.54, 1.807) is 44.4 Å². The fourth-order valence-corrected chi connectivity index (χ4v) is 6.03. The maximum atomic E-state index is 14.5. The molecule has 2 amide bonds. The topological polar surface area (TPSA) is 116 Å².